The molecule has 0 radical (unpaired) electrons. The van der Waals surface area contributed by atoms with Gasteiger partial charge in [-0.2, -0.15) is 0 Å². The number of nitro groups is 1. The molecule has 0 aliphatic heterocycles. The molecule has 0 bridgehead atoms. The second kappa shape index (κ2) is 4.80. The van der Waals surface area contributed by atoms with Gasteiger partial charge in [-0.25, -0.2) is 4.98 Å². The van der Waals surface area contributed by atoms with E-state index in [0.29, 0.717) is 21.2 Å². The van der Waals surface area contributed by atoms with Crippen LogP contribution in [0.1, 0.15) is 0 Å². The van der Waals surface area contributed by atoms with Gasteiger partial charge in [0.05, 0.1) is 15.0 Å². The van der Waals surface area contributed by atoms with E-state index in [1.165, 1.54) is 6.07 Å². The van der Waals surface area contributed by atoms with Crippen molar-refractivity contribution >= 4 is 34.7 Å². The van der Waals surface area contributed by atoms with Crippen molar-refractivity contribution < 1.29 is 4.92 Å². The lowest BCUT2D eigenvalue weighted by atomic mass is 10.1. The maximum absolute atomic E-state index is 10.7. The van der Waals surface area contributed by atoms with Crippen LogP contribution in [0.25, 0.3) is 11.1 Å². The number of nitrogens with two attached hydrogens (primary N) is 1. The summed E-state index contributed by atoms with van der Waals surface area (Å²) in [6.07, 6.45) is 1.11. The topological polar surface area (TPSA) is 82.0 Å². The first kappa shape index (κ1) is 12.6. The smallest absolute Gasteiger partial charge is 0.288 e. The van der Waals surface area contributed by atoms with Crippen molar-refractivity contribution in [2.75, 3.05) is 5.73 Å². The lowest BCUT2D eigenvalue weighted by molar-refractivity contribution is -0.385. The van der Waals surface area contributed by atoms with Gasteiger partial charge >= 0.3 is 0 Å². The number of nitrogen functional groups attached to an aromatic ring is 1. The van der Waals surface area contributed by atoms with Crippen LogP contribution in [-0.2, 0) is 0 Å². The molecule has 2 rings (SSSR count). The standard InChI is InChI=1S/C11H7Cl2N3O2/c12-9-2-1-6(3-10(9)13)8-4-7(16(17)18)5-15-11(8)14/h1-5H,(H2,14,15). The first-order chi connectivity index (χ1) is 8.49. The fraction of sp³-hybridized carbons (Fsp3) is 0. The molecule has 0 aliphatic rings. The van der Waals surface area contributed by atoms with Crippen LogP contribution in [-0.4, -0.2) is 9.91 Å². The van der Waals surface area contributed by atoms with E-state index >= 15 is 0 Å². The molecule has 1 aromatic carbocycles. The molecule has 2 aromatic rings. The molecule has 2 N–H and O–H groups in total. The third-order valence-corrected chi connectivity index (χ3v) is 3.08. The minimum absolute atomic E-state index is 0.134. The Morgan fingerprint density at radius 1 is 1.22 bits per heavy atom. The summed E-state index contributed by atoms with van der Waals surface area (Å²) in [5.74, 6) is 0.194. The third-order valence-electron chi connectivity index (χ3n) is 2.35. The molecule has 0 fully saturated rings. The normalized spacial score (nSPS) is 10.3. The van der Waals surface area contributed by atoms with Crippen molar-refractivity contribution in [1.82, 2.24) is 4.98 Å². The largest absolute Gasteiger partial charge is 0.383 e. The number of hydrogen-bond donors (Lipinski definition) is 1. The second-order valence-electron chi connectivity index (χ2n) is 3.51. The fourth-order valence-corrected chi connectivity index (χ4v) is 1.76. The average molecular weight is 284 g/mol. The molecule has 0 amide bonds. The molecular weight excluding hydrogens is 277 g/mol. The van der Waals surface area contributed by atoms with Crippen molar-refractivity contribution in [3.63, 3.8) is 0 Å². The van der Waals surface area contributed by atoms with E-state index in [1.807, 2.05) is 0 Å². The minimum atomic E-state index is -0.534. The minimum Gasteiger partial charge on any atom is -0.383 e. The van der Waals surface area contributed by atoms with Gasteiger partial charge in [0.15, 0.2) is 0 Å². The highest BCUT2D eigenvalue weighted by atomic mass is 35.5. The molecular formula is C11H7Cl2N3O2. The number of nitrogens with zero attached hydrogens (tertiary/aromatic N) is 2. The number of halogens is 2. The maximum atomic E-state index is 10.7. The van der Waals surface area contributed by atoms with Crippen molar-refractivity contribution in [3.05, 3.63) is 50.6 Å². The van der Waals surface area contributed by atoms with Crippen LogP contribution in [0.15, 0.2) is 30.5 Å². The molecule has 18 heavy (non-hydrogen) atoms. The van der Waals surface area contributed by atoms with Crippen molar-refractivity contribution in [2.45, 2.75) is 0 Å². The molecule has 5 nitrogen and oxygen atoms in total. The number of anilines is 1. The Labute approximate surface area is 112 Å². The Morgan fingerprint density at radius 2 is 1.94 bits per heavy atom. The Bertz CT molecular complexity index is 632. The molecule has 0 atom stereocenters. The number of aromatic nitrogens is 1. The van der Waals surface area contributed by atoms with E-state index in [4.69, 9.17) is 28.9 Å². The Kier molecular flexibility index (Phi) is 3.36. The van der Waals surface area contributed by atoms with E-state index in [0.717, 1.165) is 6.20 Å². The summed E-state index contributed by atoms with van der Waals surface area (Å²) < 4.78 is 0. The van der Waals surface area contributed by atoms with Gasteiger partial charge in [-0.05, 0) is 17.7 Å². The van der Waals surface area contributed by atoms with Crippen LogP contribution in [0, 0.1) is 10.1 Å². The molecule has 92 valence electrons. The van der Waals surface area contributed by atoms with Gasteiger partial charge in [-0.15, -0.1) is 0 Å². The van der Waals surface area contributed by atoms with Crippen LogP contribution in [0.4, 0.5) is 11.5 Å². The van der Waals surface area contributed by atoms with Gasteiger partial charge in [-0.3, -0.25) is 10.1 Å². The van der Waals surface area contributed by atoms with Gasteiger partial charge in [0.1, 0.15) is 12.0 Å². The lowest BCUT2D eigenvalue weighted by Gasteiger charge is -2.06. The van der Waals surface area contributed by atoms with Crippen LogP contribution < -0.4 is 5.73 Å². The summed E-state index contributed by atoms with van der Waals surface area (Å²) in [6, 6.07) is 6.20. The van der Waals surface area contributed by atoms with Gasteiger partial charge < -0.3 is 5.73 Å². The Balaban J connectivity index is 2.58. The number of benzene rings is 1. The summed E-state index contributed by atoms with van der Waals surface area (Å²) in [5.41, 5.74) is 6.64. The third kappa shape index (κ3) is 2.37. The predicted molar refractivity (Wildman–Crippen MR) is 70.8 cm³/mol. The Hall–Kier alpha value is -1.85. The molecule has 1 heterocycles. The number of hydrogen-bond acceptors (Lipinski definition) is 4. The zero-order valence-corrected chi connectivity index (χ0v) is 10.4. The van der Waals surface area contributed by atoms with Crippen LogP contribution in [0.3, 0.4) is 0 Å². The summed E-state index contributed by atoms with van der Waals surface area (Å²) in [6.45, 7) is 0. The average Bonchev–Trinajstić information content (AvgIpc) is 2.33. The number of pyridine rings is 1. The van der Waals surface area contributed by atoms with E-state index < -0.39 is 4.92 Å². The fourth-order valence-electron chi connectivity index (χ4n) is 1.46. The molecule has 0 saturated carbocycles. The molecule has 1 aromatic heterocycles. The highest BCUT2D eigenvalue weighted by molar-refractivity contribution is 6.42. The van der Waals surface area contributed by atoms with E-state index in [1.54, 1.807) is 18.2 Å². The molecule has 0 aliphatic carbocycles. The zero-order valence-electron chi connectivity index (χ0n) is 8.93. The molecule has 0 unspecified atom stereocenters. The van der Waals surface area contributed by atoms with Gasteiger partial charge in [0, 0.05) is 11.6 Å². The maximum Gasteiger partial charge on any atom is 0.288 e. The van der Waals surface area contributed by atoms with Crippen molar-refractivity contribution in [2.24, 2.45) is 0 Å². The first-order valence-corrected chi connectivity index (χ1v) is 5.60. The molecule has 7 heteroatoms. The van der Waals surface area contributed by atoms with Gasteiger partial charge in [-0.1, -0.05) is 29.3 Å². The first-order valence-electron chi connectivity index (χ1n) is 4.84. The van der Waals surface area contributed by atoms with Gasteiger partial charge in [0.2, 0.25) is 0 Å². The quantitative estimate of drug-likeness (QED) is 0.675. The van der Waals surface area contributed by atoms with Gasteiger partial charge in [0.25, 0.3) is 5.69 Å². The highest BCUT2D eigenvalue weighted by Crippen LogP contribution is 2.32. The monoisotopic (exact) mass is 283 g/mol. The SMILES string of the molecule is Nc1ncc([N+](=O)[O-])cc1-c1ccc(Cl)c(Cl)c1. The molecule has 0 saturated heterocycles. The summed E-state index contributed by atoms with van der Waals surface area (Å²) in [7, 11) is 0. The van der Waals surface area contributed by atoms with Crippen molar-refractivity contribution in [1.29, 1.82) is 0 Å². The predicted octanol–water partition coefficient (Wildman–Crippen LogP) is 3.55. The summed E-state index contributed by atoms with van der Waals surface area (Å²) in [4.78, 5) is 13.9. The van der Waals surface area contributed by atoms with E-state index in [-0.39, 0.29) is 11.5 Å². The van der Waals surface area contributed by atoms with Crippen LogP contribution in [0.5, 0.6) is 0 Å². The summed E-state index contributed by atoms with van der Waals surface area (Å²) >= 11 is 11.7. The Morgan fingerprint density at radius 3 is 2.56 bits per heavy atom. The zero-order chi connectivity index (χ0) is 13.3. The second-order valence-corrected chi connectivity index (χ2v) is 4.33. The van der Waals surface area contributed by atoms with E-state index in [2.05, 4.69) is 4.98 Å². The van der Waals surface area contributed by atoms with E-state index in [9.17, 15) is 10.1 Å². The number of rotatable bonds is 2. The van der Waals surface area contributed by atoms with Crippen molar-refractivity contribution in [3.8, 4) is 11.1 Å². The lowest BCUT2D eigenvalue weighted by Crippen LogP contribution is -1.97. The molecule has 0 spiro atoms. The summed E-state index contributed by atoms with van der Waals surface area (Å²) in [5, 5.41) is 11.4. The van der Waals surface area contributed by atoms with Crippen LogP contribution >= 0.6 is 23.2 Å². The van der Waals surface area contributed by atoms with Crippen LogP contribution in [0.2, 0.25) is 10.0 Å². The highest BCUT2D eigenvalue weighted by Gasteiger charge is 2.12.